The maximum atomic E-state index is 11.6. The summed E-state index contributed by atoms with van der Waals surface area (Å²) in [5, 5.41) is 9.00. The van der Waals surface area contributed by atoms with Gasteiger partial charge in [0.1, 0.15) is 0 Å². The minimum absolute atomic E-state index is 0.156. The fourth-order valence-corrected chi connectivity index (χ4v) is 1.57. The van der Waals surface area contributed by atoms with E-state index in [1.54, 1.807) is 26.3 Å². The molecule has 20 heavy (non-hydrogen) atoms. The average Bonchev–Trinajstić information content (AvgIpc) is 2.96. The quantitative estimate of drug-likeness (QED) is 0.378. The molecule has 1 unspecified atom stereocenters. The number of amides is 1. The van der Waals surface area contributed by atoms with Crippen molar-refractivity contribution in [3.63, 3.8) is 0 Å². The van der Waals surface area contributed by atoms with Crippen LogP contribution in [0.1, 0.15) is 17.5 Å². The minimum Gasteiger partial charge on any atom is -0.459 e. The van der Waals surface area contributed by atoms with Crippen LogP contribution in [0.3, 0.4) is 0 Å². The maximum absolute atomic E-state index is 11.6. The lowest BCUT2D eigenvalue weighted by Crippen LogP contribution is -2.46. The highest BCUT2D eigenvalue weighted by Gasteiger charge is 2.07. The minimum atomic E-state index is -0.229. The Hall–Kier alpha value is -2.02. The summed E-state index contributed by atoms with van der Waals surface area (Å²) >= 11 is 0. The molecular formula is C13H22N4O3. The lowest BCUT2D eigenvalue weighted by molar-refractivity contribution is 0.0926. The third kappa shape index (κ3) is 5.75. The lowest BCUT2D eigenvalue weighted by atomic mass is 10.4. The van der Waals surface area contributed by atoms with Crippen molar-refractivity contribution in [1.29, 1.82) is 0 Å². The highest BCUT2D eigenvalue weighted by Crippen LogP contribution is 1.98. The summed E-state index contributed by atoms with van der Waals surface area (Å²) in [6.45, 7) is 3.62. The second-order valence-electron chi connectivity index (χ2n) is 4.23. The number of ether oxygens (including phenoxy) is 1. The van der Waals surface area contributed by atoms with Gasteiger partial charge in [-0.1, -0.05) is 0 Å². The molecule has 1 aromatic rings. The van der Waals surface area contributed by atoms with Crippen molar-refractivity contribution in [3.8, 4) is 0 Å². The molecule has 7 heteroatoms. The third-order valence-corrected chi connectivity index (χ3v) is 2.47. The van der Waals surface area contributed by atoms with Crippen LogP contribution in [0.5, 0.6) is 0 Å². The van der Waals surface area contributed by atoms with E-state index in [9.17, 15) is 4.79 Å². The van der Waals surface area contributed by atoms with E-state index in [2.05, 4.69) is 20.9 Å². The predicted octanol–water partition coefficient (Wildman–Crippen LogP) is 0.209. The number of methoxy groups -OCH3 is 1. The van der Waals surface area contributed by atoms with Crippen LogP contribution in [-0.2, 0) is 4.74 Å². The second-order valence-corrected chi connectivity index (χ2v) is 4.23. The van der Waals surface area contributed by atoms with Crippen LogP contribution in [-0.4, -0.2) is 51.8 Å². The Bertz CT molecular complexity index is 417. The van der Waals surface area contributed by atoms with Gasteiger partial charge in [0.25, 0.3) is 5.91 Å². The molecule has 0 bridgehead atoms. The summed E-state index contributed by atoms with van der Waals surface area (Å²) in [7, 11) is 3.34. The van der Waals surface area contributed by atoms with E-state index in [1.165, 1.54) is 6.26 Å². The molecule has 0 saturated heterocycles. The zero-order chi connectivity index (χ0) is 14.8. The van der Waals surface area contributed by atoms with Gasteiger partial charge in [-0.05, 0) is 19.1 Å². The van der Waals surface area contributed by atoms with Gasteiger partial charge in [0.2, 0.25) is 0 Å². The van der Waals surface area contributed by atoms with Crippen LogP contribution < -0.4 is 16.0 Å². The summed E-state index contributed by atoms with van der Waals surface area (Å²) in [4.78, 5) is 15.7. The van der Waals surface area contributed by atoms with Gasteiger partial charge in [-0.15, -0.1) is 0 Å². The number of hydrogen-bond donors (Lipinski definition) is 3. The van der Waals surface area contributed by atoms with Crippen molar-refractivity contribution >= 4 is 11.9 Å². The van der Waals surface area contributed by atoms with Crippen LogP contribution in [0, 0.1) is 0 Å². The second kappa shape index (κ2) is 8.98. The fraction of sp³-hybridized carbons (Fsp3) is 0.538. The van der Waals surface area contributed by atoms with Crippen LogP contribution in [0.4, 0.5) is 0 Å². The molecule has 0 fully saturated rings. The number of guanidine groups is 1. The van der Waals surface area contributed by atoms with E-state index in [0.29, 0.717) is 31.4 Å². The summed E-state index contributed by atoms with van der Waals surface area (Å²) < 4.78 is 10.0. The highest BCUT2D eigenvalue weighted by molar-refractivity contribution is 5.91. The van der Waals surface area contributed by atoms with Crippen molar-refractivity contribution in [3.05, 3.63) is 24.2 Å². The molecule has 0 radical (unpaired) electrons. The molecule has 7 nitrogen and oxygen atoms in total. The van der Waals surface area contributed by atoms with Gasteiger partial charge in [0, 0.05) is 33.3 Å². The van der Waals surface area contributed by atoms with Gasteiger partial charge < -0.3 is 25.1 Å². The first-order valence-electron chi connectivity index (χ1n) is 6.45. The van der Waals surface area contributed by atoms with Crippen LogP contribution in [0.2, 0.25) is 0 Å². The van der Waals surface area contributed by atoms with Gasteiger partial charge >= 0.3 is 0 Å². The number of rotatable bonds is 7. The molecule has 0 saturated carbocycles. The lowest BCUT2D eigenvalue weighted by Gasteiger charge is -2.17. The summed E-state index contributed by atoms with van der Waals surface area (Å²) in [5.41, 5.74) is 0. The summed E-state index contributed by atoms with van der Waals surface area (Å²) in [5.74, 6) is 0.746. The Morgan fingerprint density at radius 3 is 2.80 bits per heavy atom. The Morgan fingerprint density at radius 1 is 1.45 bits per heavy atom. The van der Waals surface area contributed by atoms with Crippen molar-refractivity contribution in [1.82, 2.24) is 16.0 Å². The predicted molar refractivity (Wildman–Crippen MR) is 76.9 cm³/mol. The van der Waals surface area contributed by atoms with E-state index >= 15 is 0 Å². The SMILES string of the molecule is CN=C(NCCNC(=O)c1ccco1)NC(C)COC. The molecule has 0 aromatic carbocycles. The molecule has 1 atom stereocenters. The molecule has 0 aliphatic heterocycles. The van der Waals surface area contributed by atoms with Crippen molar-refractivity contribution in [2.75, 3.05) is 33.9 Å². The van der Waals surface area contributed by atoms with E-state index in [1.807, 2.05) is 6.92 Å². The monoisotopic (exact) mass is 282 g/mol. The number of nitrogens with zero attached hydrogens (tertiary/aromatic N) is 1. The van der Waals surface area contributed by atoms with Gasteiger partial charge in [0.05, 0.1) is 12.9 Å². The molecule has 1 rings (SSSR count). The Labute approximate surface area is 118 Å². The normalized spacial score (nSPS) is 12.8. The summed E-state index contributed by atoms with van der Waals surface area (Å²) in [6, 6.07) is 3.45. The largest absolute Gasteiger partial charge is 0.459 e. The van der Waals surface area contributed by atoms with Gasteiger partial charge in [-0.25, -0.2) is 0 Å². The Morgan fingerprint density at radius 2 is 2.20 bits per heavy atom. The molecule has 1 amide bonds. The zero-order valence-corrected chi connectivity index (χ0v) is 12.1. The first kappa shape index (κ1) is 16.0. The van der Waals surface area contributed by atoms with Crippen molar-refractivity contribution in [2.45, 2.75) is 13.0 Å². The number of furan rings is 1. The average molecular weight is 282 g/mol. The first-order chi connectivity index (χ1) is 9.67. The molecule has 1 heterocycles. The van der Waals surface area contributed by atoms with Crippen LogP contribution >= 0.6 is 0 Å². The molecule has 0 spiro atoms. The zero-order valence-electron chi connectivity index (χ0n) is 12.1. The van der Waals surface area contributed by atoms with Crippen LogP contribution in [0.15, 0.2) is 27.8 Å². The van der Waals surface area contributed by atoms with E-state index in [-0.39, 0.29) is 11.9 Å². The topological polar surface area (TPSA) is 87.9 Å². The number of aliphatic imine (C=N–C) groups is 1. The Kier molecular flexibility index (Phi) is 7.20. The molecule has 0 aliphatic carbocycles. The summed E-state index contributed by atoms with van der Waals surface area (Å²) in [6.07, 6.45) is 1.47. The van der Waals surface area contributed by atoms with E-state index in [0.717, 1.165) is 0 Å². The maximum Gasteiger partial charge on any atom is 0.287 e. The standard InChI is InChI=1S/C13H22N4O3/c1-10(9-19-3)17-13(14-2)16-7-6-15-12(18)11-5-4-8-20-11/h4-5,8,10H,6-7,9H2,1-3H3,(H,15,18)(H2,14,16,17). The van der Waals surface area contributed by atoms with Gasteiger partial charge in [-0.3, -0.25) is 9.79 Å². The third-order valence-electron chi connectivity index (χ3n) is 2.47. The molecular weight excluding hydrogens is 260 g/mol. The van der Waals surface area contributed by atoms with Gasteiger partial charge in [0.15, 0.2) is 11.7 Å². The molecule has 112 valence electrons. The molecule has 3 N–H and O–H groups in total. The smallest absolute Gasteiger partial charge is 0.287 e. The van der Waals surface area contributed by atoms with E-state index < -0.39 is 0 Å². The Balaban J connectivity index is 2.20. The van der Waals surface area contributed by atoms with Crippen LogP contribution in [0.25, 0.3) is 0 Å². The van der Waals surface area contributed by atoms with E-state index in [4.69, 9.17) is 9.15 Å². The number of carbonyl (C=O) groups excluding carboxylic acids is 1. The van der Waals surface area contributed by atoms with Crippen molar-refractivity contribution in [2.24, 2.45) is 4.99 Å². The molecule has 0 aliphatic rings. The number of hydrogen-bond acceptors (Lipinski definition) is 4. The van der Waals surface area contributed by atoms with Gasteiger partial charge in [-0.2, -0.15) is 0 Å². The highest BCUT2D eigenvalue weighted by atomic mass is 16.5. The number of carbonyl (C=O) groups is 1. The first-order valence-corrected chi connectivity index (χ1v) is 6.45. The fourth-order valence-electron chi connectivity index (χ4n) is 1.57. The van der Waals surface area contributed by atoms with Crippen molar-refractivity contribution < 1.29 is 13.9 Å². The number of nitrogens with one attached hydrogen (secondary N) is 3. The molecule has 1 aromatic heterocycles.